The molecule has 0 aromatic carbocycles. The first kappa shape index (κ1) is 14.1. The highest BCUT2D eigenvalue weighted by atomic mass is 32.1. The van der Waals surface area contributed by atoms with Crippen molar-refractivity contribution in [3.05, 3.63) is 46.9 Å². The van der Waals surface area contributed by atoms with Gasteiger partial charge >= 0.3 is 0 Å². The molecule has 0 unspecified atom stereocenters. The highest BCUT2D eigenvalue weighted by Crippen LogP contribution is 2.41. The molecule has 0 bridgehead atoms. The van der Waals surface area contributed by atoms with Gasteiger partial charge in [0.05, 0.1) is 10.6 Å². The summed E-state index contributed by atoms with van der Waals surface area (Å²) in [6, 6.07) is 5.24. The van der Waals surface area contributed by atoms with E-state index in [4.69, 9.17) is 4.42 Å². The van der Waals surface area contributed by atoms with Crippen molar-refractivity contribution < 1.29 is 9.21 Å². The zero-order valence-corrected chi connectivity index (χ0v) is 13.3. The van der Waals surface area contributed by atoms with Crippen molar-refractivity contribution in [1.82, 2.24) is 15.2 Å². The van der Waals surface area contributed by atoms with Crippen molar-refractivity contribution in [3.63, 3.8) is 0 Å². The molecule has 1 aliphatic carbocycles. The number of nitrogens with zero attached hydrogens (tertiary/aromatic N) is 3. The Morgan fingerprint density at radius 1 is 1.30 bits per heavy atom. The second-order valence-electron chi connectivity index (χ2n) is 5.49. The number of aryl methyl sites for hydroxylation is 1. The first-order valence-electron chi connectivity index (χ1n) is 7.36. The Kier molecular flexibility index (Phi) is 3.42. The molecule has 6 nitrogen and oxygen atoms in total. The summed E-state index contributed by atoms with van der Waals surface area (Å²) in [5, 5.41) is 11.1. The van der Waals surface area contributed by atoms with Crippen LogP contribution in [0.5, 0.6) is 0 Å². The van der Waals surface area contributed by atoms with E-state index in [9.17, 15) is 4.79 Å². The number of carbonyl (C=O) groups excluding carboxylic acids is 1. The van der Waals surface area contributed by atoms with Gasteiger partial charge in [-0.15, -0.1) is 21.5 Å². The Morgan fingerprint density at radius 2 is 2.09 bits per heavy atom. The molecule has 1 saturated carbocycles. The average Bonchev–Trinajstić information content (AvgIpc) is 3.19. The number of nitrogens with one attached hydrogen (secondary N) is 1. The van der Waals surface area contributed by atoms with Crippen LogP contribution < -0.4 is 5.32 Å². The molecule has 1 aliphatic rings. The molecule has 4 rings (SSSR count). The largest absolute Gasteiger partial charge is 0.420 e. The number of pyridine rings is 1. The Balaban J connectivity index is 1.55. The summed E-state index contributed by atoms with van der Waals surface area (Å²) >= 11 is 1.53. The zero-order chi connectivity index (χ0) is 15.8. The number of rotatable bonds is 4. The van der Waals surface area contributed by atoms with Crippen LogP contribution in [0.2, 0.25) is 0 Å². The maximum Gasteiger partial charge on any atom is 0.257 e. The molecule has 0 radical (unpaired) electrons. The van der Waals surface area contributed by atoms with Gasteiger partial charge in [0.25, 0.3) is 11.8 Å². The van der Waals surface area contributed by atoms with Crippen LogP contribution >= 0.6 is 11.3 Å². The first-order valence-corrected chi connectivity index (χ1v) is 8.18. The molecule has 116 valence electrons. The molecule has 7 heteroatoms. The third-order valence-electron chi connectivity index (χ3n) is 3.69. The van der Waals surface area contributed by atoms with E-state index in [-0.39, 0.29) is 5.91 Å². The van der Waals surface area contributed by atoms with E-state index in [1.54, 1.807) is 24.5 Å². The highest BCUT2D eigenvalue weighted by Gasteiger charge is 2.29. The number of aromatic nitrogens is 3. The monoisotopic (exact) mass is 326 g/mol. The second-order valence-corrected chi connectivity index (χ2v) is 6.75. The lowest BCUT2D eigenvalue weighted by Crippen LogP contribution is -2.11. The Labute approximate surface area is 136 Å². The maximum atomic E-state index is 12.2. The normalized spacial score (nSPS) is 14.0. The maximum absolute atomic E-state index is 12.2. The molecule has 1 amide bonds. The van der Waals surface area contributed by atoms with E-state index < -0.39 is 0 Å². The summed E-state index contributed by atoms with van der Waals surface area (Å²) in [4.78, 5) is 18.0. The van der Waals surface area contributed by atoms with Crippen molar-refractivity contribution in [2.45, 2.75) is 25.7 Å². The van der Waals surface area contributed by atoms with E-state index >= 15 is 0 Å². The fourth-order valence-electron chi connectivity index (χ4n) is 2.24. The molecule has 3 heterocycles. The summed E-state index contributed by atoms with van der Waals surface area (Å²) < 4.78 is 5.72. The van der Waals surface area contributed by atoms with Gasteiger partial charge in [0.15, 0.2) is 0 Å². The summed E-state index contributed by atoms with van der Waals surface area (Å²) in [7, 11) is 0. The van der Waals surface area contributed by atoms with Gasteiger partial charge in [-0.25, -0.2) is 0 Å². The van der Waals surface area contributed by atoms with Gasteiger partial charge in [-0.1, -0.05) is 0 Å². The summed E-state index contributed by atoms with van der Waals surface area (Å²) in [6.45, 7) is 1.95. The Bertz CT molecular complexity index is 852. The Hall–Kier alpha value is -2.54. The third kappa shape index (κ3) is 2.87. The Morgan fingerprint density at radius 3 is 2.83 bits per heavy atom. The van der Waals surface area contributed by atoms with Crippen molar-refractivity contribution >= 4 is 22.9 Å². The lowest BCUT2D eigenvalue weighted by atomic mass is 10.2. The molecule has 0 atom stereocenters. The lowest BCUT2D eigenvalue weighted by Gasteiger charge is -2.03. The lowest BCUT2D eigenvalue weighted by molar-refractivity contribution is 0.102. The second kappa shape index (κ2) is 5.58. The van der Waals surface area contributed by atoms with Gasteiger partial charge in [0.2, 0.25) is 5.89 Å². The van der Waals surface area contributed by atoms with Crippen molar-refractivity contribution in [1.29, 1.82) is 0 Å². The molecule has 0 spiro atoms. The standard InChI is InChI=1S/C16H14N4O2S/c1-9-12(18-14(21)10-4-6-17-7-5-10)8-13(23-9)16-20-19-15(22-16)11-2-3-11/h4-8,11H,2-3H2,1H3,(H,18,21). The van der Waals surface area contributed by atoms with Gasteiger partial charge in [0.1, 0.15) is 0 Å². The molecular weight excluding hydrogens is 312 g/mol. The zero-order valence-electron chi connectivity index (χ0n) is 12.4. The molecular formula is C16H14N4O2S. The van der Waals surface area contributed by atoms with Crippen molar-refractivity contribution in [2.24, 2.45) is 0 Å². The SMILES string of the molecule is Cc1sc(-c2nnc(C3CC3)o2)cc1NC(=O)c1ccncc1. The number of amides is 1. The van der Waals surface area contributed by atoms with Gasteiger partial charge in [-0.3, -0.25) is 9.78 Å². The van der Waals surface area contributed by atoms with E-state index in [1.165, 1.54) is 11.3 Å². The molecule has 0 aliphatic heterocycles. The van der Waals surface area contributed by atoms with E-state index in [1.807, 2.05) is 13.0 Å². The van der Waals surface area contributed by atoms with Gasteiger partial charge in [0, 0.05) is 28.8 Å². The smallest absolute Gasteiger partial charge is 0.257 e. The van der Waals surface area contributed by atoms with E-state index in [2.05, 4.69) is 20.5 Å². The van der Waals surface area contributed by atoms with Gasteiger partial charge in [-0.05, 0) is 38.0 Å². The molecule has 1 fully saturated rings. The summed E-state index contributed by atoms with van der Waals surface area (Å²) in [6.07, 6.45) is 5.44. The van der Waals surface area contributed by atoms with Crippen LogP contribution in [0, 0.1) is 6.92 Å². The van der Waals surface area contributed by atoms with Crippen molar-refractivity contribution in [3.8, 4) is 10.8 Å². The molecule has 3 aromatic rings. The van der Waals surface area contributed by atoms with Gasteiger partial charge in [-0.2, -0.15) is 0 Å². The van der Waals surface area contributed by atoms with Crippen LogP contribution in [-0.2, 0) is 0 Å². The van der Waals surface area contributed by atoms with Crippen LogP contribution in [0.3, 0.4) is 0 Å². The summed E-state index contributed by atoms with van der Waals surface area (Å²) in [5.74, 6) is 1.50. The fraction of sp³-hybridized carbons (Fsp3) is 0.250. The summed E-state index contributed by atoms with van der Waals surface area (Å²) in [5.41, 5.74) is 1.33. The third-order valence-corrected chi connectivity index (χ3v) is 4.72. The van der Waals surface area contributed by atoms with Crippen molar-refractivity contribution in [2.75, 3.05) is 5.32 Å². The van der Waals surface area contributed by atoms with Crippen LogP contribution in [0.15, 0.2) is 35.0 Å². The number of hydrogen-bond donors (Lipinski definition) is 1. The minimum atomic E-state index is -0.163. The van der Waals surface area contributed by atoms with Crippen LogP contribution in [0.25, 0.3) is 10.8 Å². The fourth-order valence-corrected chi connectivity index (χ4v) is 3.14. The number of carbonyl (C=O) groups is 1. The predicted molar refractivity (Wildman–Crippen MR) is 86.5 cm³/mol. The molecule has 1 N–H and O–H groups in total. The average molecular weight is 326 g/mol. The number of hydrogen-bond acceptors (Lipinski definition) is 6. The van der Waals surface area contributed by atoms with Crippen LogP contribution in [0.1, 0.15) is 39.9 Å². The first-order chi connectivity index (χ1) is 11.2. The minimum Gasteiger partial charge on any atom is -0.420 e. The molecule has 23 heavy (non-hydrogen) atoms. The number of thiophene rings is 1. The minimum absolute atomic E-state index is 0.163. The van der Waals surface area contributed by atoms with Gasteiger partial charge < -0.3 is 9.73 Å². The quantitative estimate of drug-likeness (QED) is 0.792. The van der Waals surface area contributed by atoms with Crippen LogP contribution in [-0.4, -0.2) is 21.1 Å². The van der Waals surface area contributed by atoms with E-state index in [0.717, 1.165) is 28.3 Å². The number of anilines is 1. The molecule has 0 saturated heterocycles. The topological polar surface area (TPSA) is 80.9 Å². The van der Waals surface area contributed by atoms with E-state index in [0.29, 0.717) is 23.3 Å². The molecule has 3 aromatic heterocycles. The highest BCUT2D eigenvalue weighted by molar-refractivity contribution is 7.15. The predicted octanol–water partition coefficient (Wildman–Crippen LogP) is 3.63. The van der Waals surface area contributed by atoms with Crippen LogP contribution in [0.4, 0.5) is 5.69 Å².